The molecule has 0 aromatic carbocycles. The highest BCUT2D eigenvalue weighted by Crippen LogP contribution is 2.54. The average Bonchev–Trinajstić information content (AvgIpc) is 2.97. The molecule has 0 aromatic rings. The van der Waals surface area contributed by atoms with Gasteiger partial charge in [0.25, 0.3) is 0 Å². The number of guanidine groups is 1. The van der Waals surface area contributed by atoms with Crippen molar-refractivity contribution in [3.63, 3.8) is 0 Å². The van der Waals surface area contributed by atoms with Crippen LogP contribution in [0.1, 0.15) is 52.4 Å². The summed E-state index contributed by atoms with van der Waals surface area (Å²) in [6.45, 7) is 5.01. The molecule has 2 aliphatic rings. The number of nitrogens with zero attached hydrogens (tertiary/aromatic N) is 1. The molecule has 0 amide bonds. The molecule has 2 unspecified atom stereocenters. The number of aliphatic imine (C=N–C) groups is 1. The topological polar surface area (TPSA) is 45.7 Å². The summed E-state index contributed by atoms with van der Waals surface area (Å²) >= 11 is 0. The summed E-state index contributed by atoms with van der Waals surface area (Å²) in [5.74, 6) is 0.489. The minimum Gasteiger partial charge on any atom is -0.378 e. The van der Waals surface area contributed by atoms with Gasteiger partial charge in [-0.2, -0.15) is 13.2 Å². The van der Waals surface area contributed by atoms with E-state index in [1.165, 1.54) is 12.8 Å². The van der Waals surface area contributed by atoms with E-state index in [0.29, 0.717) is 19.1 Å². The van der Waals surface area contributed by atoms with Crippen LogP contribution < -0.4 is 10.6 Å². The SMILES string of the molecule is CCNC(=NCCC(F)(F)F)NC1CC(OCC)C12CCCC2. The zero-order valence-corrected chi connectivity index (χ0v) is 14.0. The highest BCUT2D eigenvalue weighted by molar-refractivity contribution is 5.80. The van der Waals surface area contributed by atoms with Crippen LogP contribution in [0.2, 0.25) is 0 Å². The van der Waals surface area contributed by atoms with Crippen LogP contribution >= 0.6 is 0 Å². The van der Waals surface area contributed by atoms with Gasteiger partial charge in [-0.3, -0.25) is 4.99 Å². The molecule has 134 valence electrons. The first-order chi connectivity index (χ1) is 10.9. The highest BCUT2D eigenvalue weighted by atomic mass is 19.4. The Hall–Kier alpha value is -0.980. The van der Waals surface area contributed by atoms with Gasteiger partial charge < -0.3 is 15.4 Å². The lowest BCUT2D eigenvalue weighted by atomic mass is 9.60. The van der Waals surface area contributed by atoms with Crippen LogP contribution in [0.5, 0.6) is 0 Å². The van der Waals surface area contributed by atoms with Crippen molar-refractivity contribution < 1.29 is 17.9 Å². The standard InChI is InChI=1S/C16H28F3N3O/c1-3-20-14(21-10-9-16(17,18)19)22-12-11-13(23-4-2)15(12)7-5-6-8-15/h12-13H,3-11H2,1-2H3,(H2,20,21,22). The van der Waals surface area contributed by atoms with E-state index in [2.05, 4.69) is 15.6 Å². The van der Waals surface area contributed by atoms with Gasteiger partial charge in [-0.1, -0.05) is 12.8 Å². The van der Waals surface area contributed by atoms with Gasteiger partial charge in [0.1, 0.15) is 0 Å². The van der Waals surface area contributed by atoms with E-state index in [1.807, 2.05) is 13.8 Å². The monoisotopic (exact) mass is 335 g/mol. The molecular formula is C16H28F3N3O. The van der Waals surface area contributed by atoms with Crippen molar-refractivity contribution in [3.05, 3.63) is 0 Å². The Morgan fingerprint density at radius 2 is 1.96 bits per heavy atom. The maximum atomic E-state index is 12.3. The second-order valence-corrected chi connectivity index (χ2v) is 6.44. The van der Waals surface area contributed by atoms with E-state index in [1.54, 1.807) is 0 Å². The molecule has 2 atom stereocenters. The van der Waals surface area contributed by atoms with Crippen LogP contribution in [0.25, 0.3) is 0 Å². The summed E-state index contributed by atoms with van der Waals surface area (Å²) in [7, 11) is 0. The predicted molar refractivity (Wildman–Crippen MR) is 84.5 cm³/mol. The normalized spacial score (nSPS) is 27.1. The minimum absolute atomic E-state index is 0.135. The zero-order chi connectivity index (χ0) is 16.9. The molecule has 2 rings (SSSR count). The number of hydrogen-bond acceptors (Lipinski definition) is 2. The van der Waals surface area contributed by atoms with Gasteiger partial charge in [0, 0.05) is 24.6 Å². The van der Waals surface area contributed by atoms with Crippen molar-refractivity contribution in [1.29, 1.82) is 0 Å². The molecule has 23 heavy (non-hydrogen) atoms. The van der Waals surface area contributed by atoms with E-state index in [-0.39, 0.29) is 24.1 Å². The molecule has 0 saturated heterocycles. The molecule has 2 fully saturated rings. The Bertz CT molecular complexity index is 406. The van der Waals surface area contributed by atoms with Crippen LogP contribution in [0.15, 0.2) is 4.99 Å². The summed E-state index contributed by atoms with van der Waals surface area (Å²) < 4.78 is 42.7. The quantitative estimate of drug-likeness (QED) is 0.579. The predicted octanol–water partition coefficient (Wildman–Crippen LogP) is 3.23. The third kappa shape index (κ3) is 4.52. The molecule has 2 aliphatic carbocycles. The third-order valence-electron chi connectivity index (χ3n) is 5.01. The molecular weight excluding hydrogens is 307 g/mol. The summed E-state index contributed by atoms with van der Waals surface area (Å²) in [5.41, 5.74) is 0.135. The van der Waals surface area contributed by atoms with E-state index in [0.717, 1.165) is 19.3 Å². The van der Waals surface area contributed by atoms with Crippen molar-refractivity contribution in [2.45, 2.75) is 70.7 Å². The zero-order valence-electron chi connectivity index (χ0n) is 14.0. The van der Waals surface area contributed by atoms with Gasteiger partial charge >= 0.3 is 6.18 Å². The van der Waals surface area contributed by atoms with Gasteiger partial charge in [-0.15, -0.1) is 0 Å². The number of hydrogen-bond donors (Lipinski definition) is 2. The highest BCUT2D eigenvalue weighted by Gasteiger charge is 2.56. The summed E-state index contributed by atoms with van der Waals surface area (Å²) in [4.78, 5) is 4.08. The van der Waals surface area contributed by atoms with Crippen LogP contribution in [-0.2, 0) is 4.74 Å². The summed E-state index contributed by atoms with van der Waals surface area (Å²) in [6.07, 6.45) is 0.759. The van der Waals surface area contributed by atoms with Crippen LogP contribution in [0, 0.1) is 5.41 Å². The van der Waals surface area contributed by atoms with Crippen LogP contribution in [-0.4, -0.2) is 44.0 Å². The molecule has 1 spiro atoms. The fourth-order valence-electron chi connectivity index (χ4n) is 3.87. The molecule has 0 aromatic heterocycles. The number of nitrogens with one attached hydrogen (secondary N) is 2. The van der Waals surface area contributed by atoms with Gasteiger partial charge in [0.15, 0.2) is 5.96 Å². The van der Waals surface area contributed by atoms with E-state index >= 15 is 0 Å². The molecule has 0 radical (unpaired) electrons. The summed E-state index contributed by atoms with van der Waals surface area (Å²) in [5, 5.41) is 6.41. The van der Waals surface area contributed by atoms with Crippen molar-refractivity contribution in [3.8, 4) is 0 Å². The minimum atomic E-state index is -4.16. The van der Waals surface area contributed by atoms with Crippen molar-refractivity contribution >= 4 is 5.96 Å². The Morgan fingerprint density at radius 3 is 2.52 bits per heavy atom. The molecule has 4 nitrogen and oxygen atoms in total. The lowest BCUT2D eigenvalue weighted by Crippen LogP contribution is -2.65. The third-order valence-corrected chi connectivity index (χ3v) is 5.01. The number of ether oxygens (including phenoxy) is 1. The maximum absolute atomic E-state index is 12.3. The van der Waals surface area contributed by atoms with Gasteiger partial charge in [0.05, 0.1) is 19.1 Å². The lowest BCUT2D eigenvalue weighted by Gasteiger charge is -2.54. The Balaban J connectivity index is 1.95. The van der Waals surface area contributed by atoms with Crippen molar-refractivity contribution in [2.24, 2.45) is 10.4 Å². The first-order valence-electron chi connectivity index (χ1n) is 8.64. The largest absolute Gasteiger partial charge is 0.390 e. The molecule has 0 bridgehead atoms. The molecule has 0 heterocycles. The van der Waals surface area contributed by atoms with E-state index in [9.17, 15) is 13.2 Å². The first-order valence-corrected chi connectivity index (χ1v) is 8.64. The van der Waals surface area contributed by atoms with Gasteiger partial charge in [-0.25, -0.2) is 0 Å². The second-order valence-electron chi connectivity index (χ2n) is 6.44. The van der Waals surface area contributed by atoms with Crippen LogP contribution in [0.4, 0.5) is 13.2 Å². The maximum Gasteiger partial charge on any atom is 0.390 e. The molecule has 0 aliphatic heterocycles. The first kappa shape index (κ1) is 18.4. The lowest BCUT2D eigenvalue weighted by molar-refractivity contribution is -0.132. The van der Waals surface area contributed by atoms with Crippen molar-refractivity contribution in [1.82, 2.24) is 10.6 Å². The Kier molecular flexibility index (Phi) is 6.17. The average molecular weight is 335 g/mol. The van der Waals surface area contributed by atoms with E-state index in [4.69, 9.17) is 4.74 Å². The second kappa shape index (κ2) is 7.73. The van der Waals surface area contributed by atoms with Gasteiger partial charge in [-0.05, 0) is 33.1 Å². The number of halogens is 3. The van der Waals surface area contributed by atoms with Gasteiger partial charge in [0.2, 0.25) is 0 Å². The molecule has 2 N–H and O–H groups in total. The summed E-state index contributed by atoms with van der Waals surface area (Å²) in [6, 6.07) is 0.241. The number of rotatable bonds is 6. The number of alkyl halides is 3. The van der Waals surface area contributed by atoms with E-state index < -0.39 is 12.6 Å². The molecule has 2 saturated carbocycles. The smallest absolute Gasteiger partial charge is 0.378 e. The van der Waals surface area contributed by atoms with Crippen molar-refractivity contribution in [2.75, 3.05) is 19.7 Å². The fraction of sp³-hybridized carbons (Fsp3) is 0.938. The van der Waals surface area contributed by atoms with Crippen LogP contribution in [0.3, 0.4) is 0 Å². The fourth-order valence-corrected chi connectivity index (χ4v) is 3.87. The molecule has 7 heteroatoms. The Morgan fingerprint density at radius 1 is 1.26 bits per heavy atom. The Labute approximate surface area is 136 Å².